The van der Waals surface area contributed by atoms with Gasteiger partial charge in [-0.25, -0.2) is 0 Å². The highest BCUT2D eigenvalue weighted by Gasteiger charge is 2.69. The van der Waals surface area contributed by atoms with E-state index < -0.39 is 5.16 Å². The molecule has 2 nitrogen and oxygen atoms in total. The summed E-state index contributed by atoms with van der Waals surface area (Å²) in [6.45, 7) is 15.7. The molecule has 2 heterocycles. The Balaban J connectivity index is 1.23. The van der Waals surface area contributed by atoms with Gasteiger partial charge in [-0.2, -0.15) is 0 Å². The van der Waals surface area contributed by atoms with Gasteiger partial charge in [-0.3, -0.25) is 9.97 Å². The molecule has 266 valence electrons. The maximum absolute atomic E-state index is 4.68. The third kappa shape index (κ3) is 5.06. The number of aromatic nitrogens is 2. The van der Waals surface area contributed by atoms with Crippen LogP contribution in [0.1, 0.15) is 141 Å². The van der Waals surface area contributed by atoms with Crippen LogP contribution in [0.4, 0.5) is 0 Å². The lowest BCUT2D eigenvalue weighted by molar-refractivity contribution is -0.113. The molecule has 5 unspecified atom stereocenters. The lowest BCUT2D eigenvalue weighted by atomic mass is 9.43. The fraction of sp³-hybridized carbons (Fsp3) is 0.652. The van der Waals surface area contributed by atoms with Crippen molar-refractivity contribution in [3.05, 3.63) is 95.6 Å². The molecule has 1 aromatic carbocycles. The van der Waals surface area contributed by atoms with E-state index in [1.54, 1.807) is 5.56 Å². The van der Waals surface area contributed by atoms with Gasteiger partial charge >= 0.3 is 0 Å². The van der Waals surface area contributed by atoms with Crippen LogP contribution in [-0.4, -0.2) is 20.3 Å². The molecule has 8 aliphatic carbocycles. The van der Waals surface area contributed by atoms with Crippen LogP contribution in [0.25, 0.3) is 0 Å². The Morgan fingerprint density at radius 2 is 1.06 bits per heavy atom. The number of hydrogen-bond donors (Lipinski definition) is 0. The zero-order valence-electron chi connectivity index (χ0n) is 31.8. The van der Waals surface area contributed by atoms with Crippen LogP contribution >= 0.6 is 17.2 Å². The van der Waals surface area contributed by atoms with Gasteiger partial charge in [0, 0.05) is 24.8 Å². The number of rotatable bonds is 7. The third-order valence-electron chi connectivity index (χ3n) is 16.4. The molecule has 0 spiro atoms. The maximum Gasteiger partial charge on any atom is 0.0624 e. The van der Waals surface area contributed by atoms with Gasteiger partial charge in [0.1, 0.15) is 0 Å². The third-order valence-corrected chi connectivity index (χ3v) is 21.4. The predicted octanol–water partition coefficient (Wildman–Crippen LogP) is 12.4. The van der Waals surface area contributed by atoms with Crippen molar-refractivity contribution in [3.8, 4) is 0 Å². The molecule has 8 aliphatic rings. The quantitative estimate of drug-likeness (QED) is 0.229. The van der Waals surface area contributed by atoms with Gasteiger partial charge in [-0.05, 0) is 173 Å². The molecule has 4 heteroatoms. The average molecular weight is 705 g/mol. The van der Waals surface area contributed by atoms with E-state index >= 15 is 0 Å². The van der Waals surface area contributed by atoms with Crippen molar-refractivity contribution in [1.29, 1.82) is 0 Å². The molecule has 0 aliphatic heterocycles. The largest absolute Gasteiger partial charge is 0.264 e. The minimum atomic E-state index is -0.400. The van der Waals surface area contributed by atoms with Crippen molar-refractivity contribution in [3.63, 3.8) is 0 Å². The summed E-state index contributed by atoms with van der Waals surface area (Å²) in [4.78, 5) is 9.36. The van der Waals surface area contributed by atoms with E-state index in [9.17, 15) is 0 Å². The highest BCUT2D eigenvalue weighted by Crippen LogP contribution is 2.84. The first-order valence-electron chi connectivity index (χ1n) is 20.1. The molecule has 0 radical (unpaired) electrons. The standard InChI is InChI=1S/C46H62N2P2/c1-40(2,3)42-19-32-17-33(20-42)24-44(23-32,30-42)50(45-25-34-18-35(26-45)22-43(21-34,31-45)41(4,5)6)29-36-11-7-8-14-39(36)46(49,37-12-9-15-47-27-37)38-13-10-16-48-28-38/h7-16,27-28,32-35H,17-26,29-31,49H2,1-6H3. The molecular formula is C46H62N2P2. The fourth-order valence-electron chi connectivity index (χ4n) is 14.5. The van der Waals surface area contributed by atoms with E-state index in [1.807, 2.05) is 12.4 Å². The molecule has 8 bridgehead atoms. The summed E-state index contributed by atoms with van der Waals surface area (Å²) in [5.74, 6) is 3.75. The number of nitrogens with zero attached hydrogens (tertiary/aromatic N) is 2. The molecule has 2 aromatic heterocycles. The molecule has 50 heavy (non-hydrogen) atoms. The second-order valence-corrected chi connectivity index (χ2v) is 24.9. The van der Waals surface area contributed by atoms with Gasteiger partial charge in [0.15, 0.2) is 0 Å². The highest BCUT2D eigenvalue weighted by molar-refractivity contribution is 7.60. The van der Waals surface area contributed by atoms with Crippen molar-refractivity contribution in [1.82, 2.24) is 9.97 Å². The van der Waals surface area contributed by atoms with Crippen molar-refractivity contribution in [2.45, 2.75) is 140 Å². The van der Waals surface area contributed by atoms with E-state index in [4.69, 9.17) is 0 Å². The minimum Gasteiger partial charge on any atom is -0.264 e. The Morgan fingerprint density at radius 1 is 0.620 bits per heavy atom. The van der Waals surface area contributed by atoms with Crippen molar-refractivity contribution in [2.24, 2.45) is 45.3 Å². The van der Waals surface area contributed by atoms with E-state index in [0.717, 1.165) is 23.7 Å². The van der Waals surface area contributed by atoms with Gasteiger partial charge in [0.25, 0.3) is 0 Å². The van der Waals surface area contributed by atoms with E-state index in [0.29, 0.717) is 32.0 Å². The summed E-state index contributed by atoms with van der Waals surface area (Å²) >= 11 is 0. The number of pyridine rings is 2. The molecule has 0 N–H and O–H groups in total. The molecule has 8 saturated carbocycles. The molecule has 0 amide bonds. The van der Waals surface area contributed by atoms with Gasteiger partial charge in [-0.1, -0.05) is 85.9 Å². The van der Waals surface area contributed by atoms with Gasteiger partial charge < -0.3 is 0 Å². The Hall–Kier alpha value is -1.62. The molecule has 3 aromatic rings. The monoisotopic (exact) mass is 704 g/mol. The first-order valence-corrected chi connectivity index (χ1v) is 22.2. The first kappa shape index (κ1) is 34.2. The molecule has 5 atom stereocenters. The smallest absolute Gasteiger partial charge is 0.0624 e. The van der Waals surface area contributed by atoms with Gasteiger partial charge in [-0.15, -0.1) is 9.24 Å². The topological polar surface area (TPSA) is 25.8 Å². The normalized spacial score (nSPS) is 38.1. The molecule has 11 rings (SSSR count). The van der Waals surface area contributed by atoms with Crippen LogP contribution in [0.3, 0.4) is 0 Å². The molecule has 8 fully saturated rings. The molecule has 0 saturated heterocycles. The summed E-state index contributed by atoms with van der Waals surface area (Å²) in [6, 6.07) is 18.5. The van der Waals surface area contributed by atoms with E-state index in [1.165, 1.54) is 99.9 Å². The molecular weight excluding hydrogens is 642 g/mol. The lowest BCUT2D eigenvalue weighted by Crippen LogP contribution is -2.63. The summed E-state index contributed by atoms with van der Waals surface area (Å²) in [6.07, 6.45) is 27.4. The van der Waals surface area contributed by atoms with Crippen LogP contribution in [0, 0.1) is 45.3 Å². The zero-order valence-corrected chi connectivity index (χ0v) is 33.9. The van der Waals surface area contributed by atoms with Crippen LogP contribution in [0.15, 0.2) is 73.3 Å². The van der Waals surface area contributed by atoms with Gasteiger partial charge in [0.05, 0.1) is 5.16 Å². The Bertz CT molecular complexity index is 1610. The summed E-state index contributed by atoms with van der Waals surface area (Å²) in [5, 5.41) is 0.621. The van der Waals surface area contributed by atoms with Crippen LogP contribution in [0.2, 0.25) is 0 Å². The van der Waals surface area contributed by atoms with Crippen LogP contribution in [0.5, 0.6) is 0 Å². The summed E-state index contributed by atoms with van der Waals surface area (Å²) in [7, 11) is 3.07. The van der Waals surface area contributed by atoms with Crippen LogP contribution < -0.4 is 0 Å². The number of hydrogen-bond acceptors (Lipinski definition) is 2. The zero-order chi connectivity index (χ0) is 34.8. The van der Waals surface area contributed by atoms with Gasteiger partial charge in [0.2, 0.25) is 0 Å². The second kappa shape index (κ2) is 11.4. The van der Waals surface area contributed by atoms with E-state index in [2.05, 4.69) is 122 Å². The maximum atomic E-state index is 4.68. The summed E-state index contributed by atoms with van der Waals surface area (Å²) < 4.78 is 0. The fourth-order valence-corrected chi connectivity index (χ4v) is 20.4. The lowest BCUT2D eigenvalue weighted by Gasteiger charge is -2.74. The Labute approximate surface area is 307 Å². The minimum absolute atomic E-state index is 0.285. The Morgan fingerprint density at radius 3 is 1.46 bits per heavy atom. The highest BCUT2D eigenvalue weighted by atomic mass is 31.1. The van der Waals surface area contributed by atoms with E-state index in [-0.39, 0.29) is 7.92 Å². The predicted molar refractivity (Wildman–Crippen MR) is 214 cm³/mol. The first-order chi connectivity index (χ1) is 23.7. The van der Waals surface area contributed by atoms with Crippen molar-refractivity contribution >= 4 is 17.2 Å². The number of benzene rings is 1. The second-order valence-electron chi connectivity index (χ2n) is 21.0. The van der Waals surface area contributed by atoms with Crippen LogP contribution in [-0.2, 0) is 11.3 Å². The van der Waals surface area contributed by atoms with Crippen molar-refractivity contribution < 1.29 is 0 Å². The van der Waals surface area contributed by atoms with Crippen molar-refractivity contribution in [2.75, 3.05) is 0 Å². The SMILES string of the molecule is CC(C)(C)C12CC3CC(CC(P(Cc4ccccc4C(P)(c4cccnc4)c4cccnc4)C45CC6CC(C4)CC(C(C)(C)C)(C6)C5)(C3)C1)C2. The Kier molecular flexibility index (Phi) is 7.82. The average Bonchev–Trinajstić information content (AvgIpc) is 3.05. The summed E-state index contributed by atoms with van der Waals surface area (Å²) in [5.41, 5.74) is 7.29.